The predicted octanol–water partition coefficient (Wildman–Crippen LogP) is 2.14. The van der Waals surface area contributed by atoms with Gasteiger partial charge in [0.25, 0.3) is 5.91 Å². The summed E-state index contributed by atoms with van der Waals surface area (Å²) in [5, 5.41) is 3.10. The monoisotopic (exact) mass is 331 g/mol. The molecule has 24 heavy (non-hydrogen) atoms. The molecule has 0 spiro atoms. The zero-order chi connectivity index (χ0) is 17.7. The summed E-state index contributed by atoms with van der Waals surface area (Å²) in [7, 11) is 0. The third-order valence-electron chi connectivity index (χ3n) is 4.89. The van der Waals surface area contributed by atoms with Crippen LogP contribution in [0.3, 0.4) is 0 Å². The van der Waals surface area contributed by atoms with Crippen LogP contribution in [-0.4, -0.2) is 59.4 Å². The molecule has 1 atom stereocenters. The molecule has 0 aromatic heterocycles. The molecular formula is C19H29N3O2. The molecule has 1 aromatic rings. The molecule has 1 heterocycles. The summed E-state index contributed by atoms with van der Waals surface area (Å²) in [4.78, 5) is 28.9. The third kappa shape index (κ3) is 4.57. The fourth-order valence-corrected chi connectivity index (χ4v) is 2.77. The second-order valence-electron chi connectivity index (χ2n) is 7.10. The molecule has 0 aliphatic carbocycles. The second-order valence-corrected chi connectivity index (χ2v) is 7.10. The Morgan fingerprint density at radius 3 is 2.25 bits per heavy atom. The van der Waals surface area contributed by atoms with Gasteiger partial charge in [0.2, 0.25) is 5.91 Å². The minimum atomic E-state index is -0.184. The summed E-state index contributed by atoms with van der Waals surface area (Å²) in [5.41, 5.74) is 0.539. The van der Waals surface area contributed by atoms with Gasteiger partial charge in [0.05, 0.1) is 6.04 Å². The highest BCUT2D eigenvalue weighted by Crippen LogP contribution is 2.13. The van der Waals surface area contributed by atoms with Crippen LogP contribution in [0.25, 0.3) is 0 Å². The molecule has 132 valence electrons. The summed E-state index contributed by atoms with van der Waals surface area (Å²) in [5.74, 6) is 0.129. The van der Waals surface area contributed by atoms with E-state index in [0.717, 1.165) is 25.1 Å². The zero-order valence-corrected chi connectivity index (χ0v) is 15.2. The van der Waals surface area contributed by atoms with E-state index in [1.807, 2.05) is 56.0 Å². The van der Waals surface area contributed by atoms with E-state index in [0.29, 0.717) is 13.1 Å². The van der Waals surface area contributed by atoms with Crippen molar-refractivity contribution >= 4 is 11.8 Å². The first kappa shape index (κ1) is 18.5. The molecule has 0 radical (unpaired) electrons. The van der Waals surface area contributed by atoms with Crippen LogP contribution >= 0.6 is 0 Å². The first-order chi connectivity index (χ1) is 11.3. The van der Waals surface area contributed by atoms with Crippen molar-refractivity contribution in [2.75, 3.05) is 26.2 Å². The smallest absolute Gasteiger partial charge is 0.253 e. The van der Waals surface area contributed by atoms with Gasteiger partial charge in [0.15, 0.2) is 0 Å². The molecule has 0 saturated carbocycles. The summed E-state index contributed by atoms with van der Waals surface area (Å²) in [6, 6.07) is 9.18. The normalized spacial score (nSPS) is 17.4. The highest BCUT2D eigenvalue weighted by molar-refractivity contribution is 5.94. The number of hydrogen-bond acceptors (Lipinski definition) is 3. The van der Waals surface area contributed by atoms with E-state index in [1.54, 1.807) is 0 Å². The molecule has 1 N–H and O–H groups in total. The fraction of sp³-hybridized carbons (Fsp3) is 0.579. The molecule has 1 saturated heterocycles. The molecule has 1 aliphatic rings. The Morgan fingerprint density at radius 2 is 1.71 bits per heavy atom. The molecule has 1 aliphatic heterocycles. The van der Waals surface area contributed by atoms with Gasteiger partial charge in [-0.3, -0.25) is 14.5 Å². The second kappa shape index (κ2) is 7.79. The Morgan fingerprint density at radius 1 is 1.12 bits per heavy atom. The Hall–Kier alpha value is -1.88. The van der Waals surface area contributed by atoms with Crippen LogP contribution in [0.2, 0.25) is 0 Å². The molecule has 1 aromatic carbocycles. The van der Waals surface area contributed by atoms with Crippen LogP contribution in [-0.2, 0) is 4.79 Å². The van der Waals surface area contributed by atoms with Gasteiger partial charge in [-0.1, -0.05) is 25.1 Å². The molecule has 2 amide bonds. The lowest BCUT2D eigenvalue weighted by molar-refractivity contribution is -0.128. The average molecular weight is 331 g/mol. The minimum Gasteiger partial charge on any atom is -0.350 e. The summed E-state index contributed by atoms with van der Waals surface area (Å²) in [6.45, 7) is 10.8. The number of hydrogen-bond donors (Lipinski definition) is 1. The van der Waals surface area contributed by atoms with Gasteiger partial charge in [0.1, 0.15) is 0 Å². The van der Waals surface area contributed by atoms with Crippen LogP contribution in [0.5, 0.6) is 0 Å². The van der Waals surface area contributed by atoms with Crippen LogP contribution in [0.4, 0.5) is 0 Å². The van der Waals surface area contributed by atoms with Crippen molar-refractivity contribution in [1.29, 1.82) is 0 Å². The van der Waals surface area contributed by atoms with E-state index in [4.69, 9.17) is 0 Å². The first-order valence-corrected chi connectivity index (χ1v) is 8.74. The maximum Gasteiger partial charge on any atom is 0.253 e. The van der Waals surface area contributed by atoms with Crippen LogP contribution < -0.4 is 5.32 Å². The van der Waals surface area contributed by atoms with Crippen LogP contribution in [0.1, 0.15) is 44.5 Å². The fourth-order valence-electron chi connectivity index (χ4n) is 2.77. The van der Waals surface area contributed by atoms with E-state index in [1.165, 1.54) is 0 Å². The number of rotatable bonds is 5. The van der Waals surface area contributed by atoms with Gasteiger partial charge in [0, 0.05) is 37.3 Å². The number of piperazine rings is 1. The molecule has 2 rings (SSSR count). The van der Waals surface area contributed by atoms with E-state index < -0.39 is 0 Å². The number of carbonyl (C=O) groups is 2. The quantitative estimate of drug-likeness (QED) is 0.899. The Bertz CT molecular complexity index is 563. The summed E-state index contributed by atoms with van der Waals surface area (Å²) < 4.78 is 0. The lowest BCUT2D eigenvalue weighted by Crippen LogP contribution is -2.57. The van der Waals surface area contributed by atoms with Crippen molar-refractivity contribution < 1.29 is 9.59 Å². The van der Waals surface area contributed by atoms with Crippen molar-refractivity contribution in [1.82, 2.24) is 15.1 Å². The molecule has 1 unspecified atom stereocenters. The SMILES string of the molecule is CCC(C)(C)NC(=O)C(C)N1CCN(C(=O)c2ccccc2)CC1. The molecule has 5 heteroatoms. The Labute approximate surface area is 145 Å². The third-order valence-corrected chi connectivity index (χ3v) is 4.89. The Kier molecular flexibility index (Phi) is 5.99. The molecule has 0 bridgehead atoms. The molecular weight excluding hydrogens is 302 g/mol. The van der Waals surface area contributed by atoms with Gasteiger partial charge in [-0.15, -0.1) is 0 Å². The molecule has 5 nitrogen and oxygen atoms in total. The van der Waals surface area contributed by atoms with E-state index in [-0.39, 0.29) is 23.4 Å². The number of carbonyl (C=O) groups excluding carboxylic acids is 2. The van der Waals surface area contributed by atoms with Crippen molar-refractivity contribution in [2.45, 2.75) is 45.7 Å². The summed E-state index contributed by atoms with van der Waals surface area (Å²) >= 11 is 0. The lowest BCUT2D eigenvalue weighted by Gasteiger charge is -2.38. The topological polar surface area (TPSA) is 52.7 Å². The van der Waals surface area contributed by atoms with Gasteiger partial charge < -0.3 is 10.2 Å². The van der Waals surface area contributed by atoms with Crippen LogP contribution in [0.15, 0.2) is 30.3 Å². The van der Waals surface area contributed by atoms with Crippen molar-refractivity contribution in [3.05, 3.63) is 35.9 Å². The van der Waals surface area contributed by atoms with E-state index in [2.05, 4.69) is 17.1 Å². The first-order valence-electron chi connectivity index (χ1n) is 8.74. The number of nitrogens with one attached hydrogen (secondary N) is 1. The average Bonchev–Trinajstić information content (AvgIpc) is 2.61. The van der Waals surface area contributed by atoms with E-state index >= 15 is 0 Å². The maximum atomic E-state index is 12.5. The van der Waals surface area contributed by atoms with Gasteiger partial charge in [-0.05, 0) is 39.3 Å². The van der Waals surface area contributed by atoms with Crippen molar-refractivity contribution in [2.24, 2.45) is 0 Å². The maximum absolute atomic E-state index is 12.5. The minimum absolute atomic E-state index is 0.0599. The largest absolute Gasteiger partial charge is 0.350 e. The number of amides is 2. The Balaban J connectivity index is 1.88. The highest BCUT2D eigenvalue weighted by atomic mass is 16.2. The number of benzene rings is 1. The predicted molar refractivity (Wildman–Crippen MR) is 95.9 cm³/mol. The van der Waals surface area contributed by atoms with Gasteiger partial charge in [-0.2, -0.15) is 0 Å². The number of nitrogens with zero attached hydrogens (tertiary/aromatic N) is 2. The van der Waals surface area contributed by atoms with Gasteiger partial charge >= 0.3 is 0 Å². The van der Waals surface area contributed by atoms with Crippen molar-refractivity contribution in [3.63, 3.8) is 0 Å². The van der Waals surface area contributed by atoms with E-state index in [9.17, 15) is 9.59 Å². The lowest BCUT2D eigenvalue weighted by atomic mass is 10.0. The van der Waals surface area contributed by atoms with Crippen molar-refractivity contribution in [3.8, 4) is 0 Å². The zero-order valence-electron chi connectivity index (χ0n) is 15.2. The summed E-state index contributed by atoms with van der Waals surface area (Å²) in [6.07, 6.45) is 0.894. The molecule has 1 fully saturated rings. The standard InChI is InChI=1S/C19H29N3O2/c1-5-19(3,4)20-17(23)15(2)21-11-13-22(14-12-21)18(24)16-9-7-6-8-10-16/h6-10,15H,5,11-14H2,1-4H3,(H,20,23). The van der Waals surface area contributed by atoms with Gasteiger partial charge in [-0.25, -0.2) is 0 Å². The van der Waals surface area contributed by atoms with Crippen LogP contribution in [0, 0.1) is 0 Å². The highest BCUT2D eigenvalue weighted by Gasteiger charge is 2.29.